The van der Waals surface area contributed by atoms with E-state index in [9.17, 15) is 14.7 Å². The summed E-state index contributed by atoms with van der Waals surface area (Å²) >= 11 is 0. The fourth-order valence-corrected chi connectivity index (χ4v) is 5.55. The molecule has 1 amide bonds. The number of piperidine rings is 2. The standard InChI is InChI=1S/C29H42N2O5/c1-5-20(2)28(34)35-27-25(31-18-10-7-11-19-31)24-22(36-29(27,3)4)14-12-21(26(24)33)13-15-23(32)30-16-8-6-9-17-30/h12-15,20,25,27,33H,5-11,16-19H2,1-4H3/b15-13+. The number of amides is 1. The first-order valence-electron chi connectivity index (χ1n) is 13.7. The van der Waals surface area contributed by atoms with Crippen molar-refractivity contribution in [2.24, 2.45) is 5.92 Å². The summed E-state index contributed by atoms with van der Waals surface area (Å²) in [5, 5.41) is 11.5. The second kappa shape index (κ2) is 11.2. The van der Waals surface area contributed by atoms with Gasteiger partial charge in [0.25, 0.3) is 0 Å². The Hall–Kier alpha value is -2.54. The minimum atomic E-state index is -0.772. The SMILES string of the molecule is CCC(C)C(=O)OC1C(N2CCCCC2)c2c(ccc(/C=C/C(=O)N3CCCCC3)c2O)OC1(C)C. The van der Waals surface area contributed by atoms with Gasteiger partial charge in [-0.15, -0.1) is 0 Å². The molecule has 3 atom stereocenters. The van der Waals surface area contributed by atoms with E-state index in [0.717, 1.165) is 58.3 Å². The molecular weight excluding hydrogens is 456 g/mol. The van der Waals surface area contributed by atoms with Gasteiger partial charge in [0.1, 0.15) is 17.1 Å². The van der Waals surface area contributed by atoms with Crippen molar-refractivity contribution in [3.63, 3.8) is 0 Å². The molecule has 0 aliphatic carbocycles. The second-order valence-corrected chi connectivity index (χ2v) is 11.0. The molecule has 3 aliphatic rings. The van der Waals surface area contributed by atoms with E-state index in [2.05, 4.69) is 4.90 Å². The Balaban J connectivity index is 1.70. The van der Waals surface area contributed by atoms with Crippen LogP contribution in [0.5, 0.6) is 11.5 Å². The van der Waals surface area contributed by atoms with Crippen LogP contribution < -0.4 is 4.74 Å². The van der Waals surface area contributed by atoms with Crippen LogP contribution in [0, 0.1) is 5.92 Å². The molecular formula is C29H42N2O5. The number of hydrogen-bond donors (Lipinski definition) is 1. The number of ether oxygens (including phenoxy) is 2. The molecule has 1 aromatic rings. The lowest BCUT2D eigenvalue weighted by Gasteiger charge is -2.49. The van der Waals surface area contributed by atoms with E-state index in [4.69, 9.17) is 9.47 Å². The molecule has 7 heteroatoms. The number of benzene rings is 1. The number of carbonyl (C=O) groups is 2. The van der Waals surface area contributed by atoms with Gasteiger partial charge in [0, 0.05) is 24.7 Å². The maximum Gasteiger partial charge on any atom is 0.309 e. The molecule has 198 valence electrons. The van der Waals surface area contributed by atoms with Gasteiger partial charge in [-0.05, 0) is 83.7 Å². The maximum atomic E-state index is 12.9. The highest BCUT2D eigenvalue weighted by atomic mass is 16.6. The number of phenols is 1. The second-order valence-electron chi connectivity index (χ2n) is 11.0. The summed E-state index contributed by atoms with van der Waals surface area (Å²) in [5.41, 5.74) is 0.439. The first kappa shape index (κ1) is 26.5. The van der Waals surface area contributed by atoms with E-state index >= 15 is 0 Å². The highest BCUT2D eigenvalue weighted by Crippen LogP contribution is 2.50. The monoisotopic (exact) mass is 498 g/mol. The average Bonchev–Trinajstić information content (AvgIpc) is 2.89. The number of esters is 1. The highest BCUT2D eigenvalue weighted by molar-refractivity contribution is 5.92. The van der Waals surface area contributed by atoms with Crippen LogP contribution in [0.3, 0.4) is 0 Å². The molecule has 3 heterocycles. The molecule has 36 heavy (non-hydrogen) atoms. The largest absolute Gasteiger partial charge is 0.507 e. The minimum absolute atomic E-state index is 0.0304. The van der Waals surface area contributed by atoms with Gasteiger partial charge in [-0.1, -0.05) is 20.3 Å². The predicted molar refractivity (Wildman–Crippen MR) is 140 cm³/mol. The normalized spacial score (nSPS) is 25.2. The number of aromatic hydroxyl groups is 1. The smallest absolute Gasteiger partial charge is 0.309 e. The number of rotatable bonds is 6. The van der Waals surface area contributed by atoms with E-state index in [1.54, 1.807) is 18.2 Å². The Kier molecular flexibility index (Phi) is 8.28. The molecule has 1 aromatic carbocycles. The van der Waals surface area contributed by atoms with Crippen LogP contribution >= 0.6 is 0 Å². The third-order valence-electron chi connectivity index (χ3n) is 7.96. The van der Waals surface area contributed by atoms with Crippen molar-refractivity contribution in [2.75, 3.05) is 26.2 Å². The zero-order valence-electron chi connectivity index (χ0n) is 22.3. The summed E-state index contributed by atoms with van der Waals surface area (Å²) < 4.78 is 12.5. The van der Waals surface area contributed by atoms with Crippen molar-refractivity contribution in [1.29, 1.82) is 0 Å². The van der Waals surface area contributed by atoms with E-state index < -0.39 is 11.7 Å². The molecule has 0 saturated carbocycles. The van der Waals surface area contributed by atoms with E-state index in [0.29, 0.717) is 23.3 Å². The zero-order chi connectivity index (χ0) is 25.9. The Bertz CT molecular complexity index is 976. The maximum absolute atomic E-state index is 12.9. The highest BCUT2D eigenvalue weighted by Gasteiger charge is 2.50. The number of carbonyl (C=O) groups excluding carboxylic acids is 2. The molecule has 0 aromatic heterocycles. The topological polar surface area (TPSA) is 79.3 Å². The average molecular weight is 499 g/mol. The lowest BCUT2D eigenvalue weighted by molar-refractivity contribution is -0.176. The van der Waals surface area contributed by atoms with Crippen LogP contribution in [0.4, 0.5) is 0 Å². The Morgan fingerprint density at radius 1 is 1.11 bits per heavy atom. The predicted octanol–water partition coefficient (Wildman–Crippen LogP) is 5.07. The van der Waals surface area contributed by atoms with E-state index in [1.165, 1.54) is 6.42 Å². The summed E-state index contributed by atoms with van der Waals surface area (Å²) in [6.07, 6.45) is 9.88. The third kappa shape index (κ3) is 5.56. The van der Waals surface area contributed by atoms with Crippen molar-refractivity contribution < 1.29 is 24.2 Å². The van der Waals surface area contributed by atoms with Crippen molar-refractivity contribution >= 4 is 18.0 Å². The fourth-order valence-electron chi connectivity index (χ4n) is 5.55. The summed E-state index contributed by atoms with van der Waals surface area (Å²) in [6.45, 7) is 11.0. The third-order valence-corrected chi connectivity index (χ3v) is 7.96. The Morgan fingerprint density at radius 2 is 1.75 bits per heavy atom. The molecule has 3 unspecified atom stereocenters. The van der Waals surface area contributed by atoms with Crippen molar-refractivity contribution in [3.8, 4) is 11.5 Å². The Morgan fingerprint density at radius 3 is 2.39 bits per heavy atom. The molecule has 1 N–H and O–H groups in total. The van der Waals surface area contributed by atoms with Gasteiger partial charge in [0.15, 0.2) is 6.10 Å². The lowest BCUT2D eigenvalue weighted by Crippen LogP contribution is -2.56. The molecule has 0 spiro atoms. The summed E-state index contributed by atoms with van der Waals surface area (Å²) in [7, 11) is 0. The van der Waals surface area contributed by atoms with Crippen LogP contribution in [-0.2, 0) is 14.3 Å². The molecule has 3 aliphatic heterocycles. The zero-order valence-corrected chi connectivity index (χ0v) is 22.3. The van der Waals surface area contributed by atoms with Gasteiger partial charge < -0.3 is 19.5 Å². The number of fused-ring (bicyclic) bond motifs is 1. The Labute approximate surface area is 215 Å². The summed E-state index contributed by atoms with van der Waals surface area (Å²) in [5.74, 6) is 0.201. The van der Waals surface area contributed by atoms with Crippen LogP contribution in [-0.4, -0.2) is 64.7 Å². The first-order valence-corrected chi connectivity index (χ1v) is 13.7. The number of nitrogens with zero attached hydrogens (tertiary/aromatic N) is 2. The van der Waals surface area contributed by atoms with Gasteiger partial charge in [-0.3, -0.25) is 14.5 Å². The number of hydrogen-bond acceptors (Lipinski definition) is 6. The summed E-state index contributed by atoms with van der Waals surface area (Å²) in [6, 6.07) is 3.33. The quantitative estimate of drug-likeness (QED) is 0.436. The fraction of sp³-hybridized carbons (Fsp3) is 0.655. The van der Waals surface area contributed by atoms with Crippen molar-refractivity contribution in [1.82, 2.24) is 9.80 Å². The lowest BCUT2D eigenvalue weighted by atomic mass is 9.83. The number of likely N-dealkylation sites (tertiary alicyclic amines) is 2. The number of phenolic OH excluding ortho intramolecular Hbond substituents is 1. The van der Waals surface area contributed by atoms with E-state index in [-0.39, 0.29) is 29.6 Å². The van der Waals surface area contributed by atoms with Crippen LogP contribution in [0.15, 0.2) is 18.2 Å². The van der Waals surface area contributed by atoms with Gasteiger partial charge in [0.2, 0.25) is 5.91 Å². The first-order chi connectivity index (χ1) is 17.2. The molecule has 7 nitrogen and oxygen atoms in total. The molecule has 2 saturated heterocycles. The van der Waals surface area contributed by atoms with Crippen molar-refractivity contribution in [2.45, 2.75) is 90.4 Å². The molecule has 4 rings (SSSR count). The van der Waals surface area contributed by atoms with Crippen LogP contribution in [0.25, 0.3) is 6.08 Å². The van der Waals surface area contributed by atoms with Gasteiger partial charge in [-0.25, -0.2) is 0 Å². The summed E-state index contributed by atoms with van der Waals surface area (Å²) in [4.78, 5) is 29.8. The molecule has 0 bridgehead atoms. The van der Waals surface area contributed by atoms with Crippen LogP contribution in [0.2, 0.25) is 0 Å². The van der Waals surface area contributed by atoms with Gasteiger partial charge >= 0.3 is 5.97 Å². The van der Waals surface area contributed by atoms with Crippen molar-refractivity contribution in [3.05, 3.63) is 29.3 Å². The van der Waals surface area contributed by atoms with Gasteiger partial charge in [0.05, 0.1) is 17.5 Å². The van der Waals surface area contributed by atoms with E-state index in [1.807, 2.05) is 38.7 Å². The molecule has 2 fully saturated rings. The van der Waals surface area contributed by atoms with Crippen LogP contribution in [0.1, 0.15) is 89.8 Å². The molecule has 0 radical (unpaired) electrons. The van der Waals surface area contributed by atoms with Gasteiger partial charge in [-0.2, -0.15) is 0 Å². The minimum Gasteiger partial charge on any atom is -0.507 e.